The van der Waals surface area contributed by atoms with Gasteiger partial charge in [-0.25, -0.2) is 5.43 Å². The van der Waals surface area contributed by atoms with Crippen LogP contribution < -0.4 is 20.2 Å². The summed E-state index contributed by atoms with van der Waals surface area (Å²) >= 11 is 0. The summed E-state index contributed by atoms with van der Waals surface area (Å²) in [5.41, 5.74) is 4.29. The lowest BCUT2D eigenvalue weighted by Crippen LogP contribution is -2.20. The van der Waals surface area contributed by atoms with Gasteiger partial charge in [-0.15, -0.1) is 6.58 Å². The van der Waals surface area contributed by atoms with Crippen LogP contribution in [0.25, 0.3) is 0 Å². The predicted octanol–water partition coefficient (Wildman–Crippen LogP) is 3.40. The molecule has 8 nitrogen and oxygen atoms in total. The van der Waals surface area contributed by atoms with E-state index in [-0.39, 0.29) is 24.5 Å². The lowest BCUT2D eigenvalue weighted by molar-refractivity contribution is -0.124. The molecule has 2 rings (SSSR count). The van der Waals surface area contributed by atoms with E-state index in [1.807, 2.05) is 6.92 Å². The van der Waals surface area contributed by atoms with Gasteiger partial charge in [0.05, 0.1) is 19.9 Å². The van der Waals surface area contributed by atoms with E-state index in [1.165, 1.54) is 13.3 Å². The van der Waals surface area contributed by atoms with Crippen molar-refractivity contribution in [3.63, 3.8) is 0 Å². The van der Waals surface area contributed by atoms with Crippen molar-refractivity contribution >= 4 is 23.7 Å². The van der Waals surface area contributed by atoms with Crippen molar-refractivity contribution in [1.29, 1.82) is 0 Å². The van der Waals surface area contributed by atoms with Crippen molar-refractivity contribution in [3.05, 3.63) is 60.2 Å². The number of methoxy groups -OCH3 is 1. The third kappa shape index (κ3) is 7.50. The number of benzene rings is 2. The molecule has 0 aliphatic rings. The van der Waals surface area contributed by atoms with Crippen molar-refractivity contribution in [2.24, 2.45) is 5.10 Å². The number of ether oxygens (including phenoxy) is 2. The molecule has 2 aromatic rings. The highest BCUT2D eigenvalue weighted by molar-refractivity contribution is 5.93. The van der Waals surface area contributed by atoms with Gasteiger partial charge in [0.2, 0.25) is 11.8 Å². The van der Waals surface area contributed by atoms with Crippen LogP contribution in [-0.4, -0.2) is 36.9 Å². The largest absolute Gasteiger partial charge is 0.504 e. The average molecular weight is 425 g/mol. The molecule has 2 amide bonds. The van der Waals surface area contributed by atoms with E-state index >= 15 is 0 Å². The van der Waals surface area contributed by atoms with Gasteiger partial charge in [-0.1, -0.05) is 6.08 Å². The Balaban J connectivity index is 1.83. The van der Waals surface area contributed by atoms with E-state index in [0.717, 1.165) is 5.75 Å². The Morgan fingerprint density at radius 1 is 1.16 bits per heavy atom. The molecule has 0 aromatic heterocycles. The quantitative estimate of drug-likeness (QED) is 0.290. The van der Waals surface area contributed by atoms with Gasteiger partial charge >= 0.3 is 0 Å². The molecule has 8 heteroatoms. The monoisotopic (exact) mass is 425 g/mol. The third-order valence-electron chi connectivity index (χ3n) is 4.19. The molecule has 2 aromatic carbocycles. The first kappa shape index (κ1) is 23.5. The number of carbonyl (C=O) groups is 2. The molecule has 0 saturated carbocycles. The number of nitrogens with zero attached hydrogens (tertiary/aromatic N) is 1. The van der Waals surface area contributed by atoms with Crippen LogP contribution in [0.4, 0.5) is 5.69 Å². The van der Waals surface area contributed by atoms with Crippen LogP contribution in [0.2, 0.25) is 0 Å². The van der Waals surface area contributed by atoms with Gasteiger partial charge in [-0.3, -0.25) is 9.59 Å². The molecule has 0 spiro atoms. The lowest BCUT2D eigenvalue weighted by Gasteiger charge is -2.09. The molecule has 0 atom stereocenters. The first-order chi connectivity index (χ1) is 15.0. The number of anilines is 1. The zero-order chi connectivity index (χ0) is 22.6. The zero-order valence-corrected chi connectivity index (χ0v) is 17.7. The minimum atomic E-state index is -0.393. The number of aromatic hydroxyl groups is 1. The van der Waals surface area contributed by atoms with Gasteiger partial charge in [0.15, 0.2) is 11.5 Å². The number of hydrazone groups is 1. The highest BCUT2D eigenvalue weighted by Gasteiger charge is 2.10. The maximum absolute atomic E-state index is 12.0. The van der Waals surface area contributed by atoms with Crippen LogP contribution in [0.1, 0.15) is 30.9 Å². The second-order valence-electron chi connectivity index (χ2n) is 6.52. The molecule has 164 valence electrons. The zero-order valence-electron chi connectivity index (χ0n) is 17.7. The summed E-state index contributed by atoms with van der Waals surface area (Å²) in [6, 6.07) is 10.3. The van der Waals surface area contributed by atoms with Crippen LogP contribution in [0.3, 0.4) is 0 Å². The van der Waals surface area contributed by atoms with Gasteiger partial charge in [-0.05, 0) is 55.3 Å². The van der Waals surface area contributed by atoms with Crippen LogP contribution in [-0.2, 0) is 16.0 Å². The molecular weight excluding hydrogens is 398 g/mol. The number of hydrogen-bond acceptors (Lipinski definition) is 6. The number of nitrogens with one attached hydrogen (secondary N) is 2. The normalized spacial score (nSPS) is 10.5. The number of phenolic OH excluding ortho intramolecular Hbond substituents is 1. The average Bonchev–Trinajstić information content (AvgIpc) is 2.76. The van der Waals surface area contributed by atoms with E-state index in [2.05, 4.69) is 22.4 Å². The first-order valence-electron chi connectivity index (χ1n) is 9.82. The minimum Gasteiger partial charge on any atom is -0.504 e. The van der Waals surface area contributed by atoms with Crippen LogP contribution >= 0.6 is 0 Å². The van der Waals surface area contributed by atoms with Crippen molar-refractivity contribution in [2.45, 2.75) is 26.2 Å². The maximum Gasteiger partial charge on any atom is 0.240 e. The van der Waals surface area contributed by atoms with E-state index in [9.17, 15) is 14.7 Å². The highest BCUT2D eigenvalue weighted by Crippen LogP contribution is 2.31. The van der Waals surface area contributed by atoms with E-state index in [0.29, 0.717) is 35.6 Å². The first-order valence-corrected chi connectivity index (χ1v) is 9.82. The SMILES string of the molecule is C=CCc1cc(C=NNC(=O)CCC(=O)Nc2ccc(OCC)cc2)cc(OC)c1O. The summed E-state index contributed by atoms with van der Waals surface area (Å²) in [5.74, 6) is 0.400. The molecule has 0 heterocycles. The number of allylic oxidation sites excluding steroid dienone is 1. The fraction of sp³-hybridized carbons (Fsp3) is 0.261. The van der Waals surface area contributed by atoms with Crippen molar-refractivity contribution < 1.29 is 24.2 Å². The van der Waals surface area contributed by atoms with Gasteiger partial charge in [0, 0.05) is 24.1 Å². The molecule has 3 N–H and O–H groups in total. The molecule has 0 fully saturated rings. The van der Waals surface area contributed by atoms with Crippen molar-refractivity contribution in [2.75, 3.05) is 19.0 Å². The van der Waals surface area contributed by atoms with E-state index < -0.39 is 5.91 Å². The Hall–Kier alpha value is -3.81. The number of amides is 2. The molecule has 0 aliphatic heterocycles. The van der Waals surface area contributed by atoms with E-state index in [4.69, 9.17) is 9.47 Å². The Labute approximate surface area is 181 Å². The Bertz CT molecular complexity index is 939. The van der Waals surface area contributed by atoms with E-state index in [1.54, 1.807) is 42.5 Å². The standard InChI is InChI=1S/C23H27N3O5/c1-4-6-17-13-16(14-20(30-3)23(17)29)15-24-26-22(28)12-11-21(27)25-18-7-9-19(10-8-18)31-5-2/h4,7-10,13-15,29H,1,5-6,11-12H2,2-3H3,(H,25,27)(H,26,28). The number of phenols is 1. The Kier molecular flexibility index (Phi) is 9.10. The van der Waals surface area contributed by atoms with Crippen molar-refractivity contribution in [3.8, 4) is 17.2 Å². The minimum absolute atomic E-state index is 0.0131. The van der Waals surface area contributed by atoms with Crippen LogP contribution in [0.5, 0.6) is 17.2 Å². The predicted molar refractivity (Wildman–Crippen MR) is 120 cm³/mol. The summed E-state index contributed by atoms with van der Waals surface area (Å²) < 4.78 is 10.5. The number of hydrogen-bond donors (Lipinski definition) is 3. The topological polar surface area (TPSA) is 109 Å². The fourth-order valence-corrected chi connectivity index (χ4v) is 2.72. The van der Waals surface area contributed by atoms with Crippen LogP contribution in [0.15, 0.2) is 54.2 Å². The summed E-state index contributed by atoms with van der Waals surface area (Å²) in [7, 11) is 1.45. The third-order valence-corrected chi connectivity index (χ3v) is 4.19. The second kappa shape index (κ2) is 12.0. The fourth-order valence-electron chi connectivity index (χ4n) is 2.72. The Morgan fingerprint density at radius 2 is 1.87 bits per heavy atom. The molecule has 0 unspecified atom stereocenters. The summed E-state index contributed by atoms with van der Waals surface area (Å²) in [5, 5.41) is 16.7. The Morgan fingerprint density at radius 3 is 2.52 bits per heavy atom. The van der Waals surface area contributed by atoms with Gasteiger partial charge in [0.25, 0.3) is 0 Å². The molecule has 31 heavy (non-hydrogen) atoms. The molecule has 0 bridgehead atoms. The summed E-state index contributed by atoms with van der Waals surface area (Å²) in [4.78, 5) is 24.0. The molecule has 0 saturated heterocycles. The summed E-state index contributed by atoms with van der Waals surface area (Å²) in [6.45, 7) is 6.12. The number of rotatable bonds is 11. The number of carbonyl (C=O) groups excluding carboxylic acids is 2. The highest BCUT2D eigenvalue weighted by atomic mass is 16.5. The summed E-state index contributed by atoms with van der Waals surface area (Å²) in [6.07, 6.45) is 3.56. The lowest BCUT2D eigenvalue weighted by atomic mass is 10.1. The second-order valence-corrected chi connectivity index (χ2v) is 6.52. The molecular formula is C23H27N3O5. The van der Waals surface area contributed by atoms with Gasteiger partial charge in [0.1, 0.15) is 5.75 Å². The van der Waals surface area contributed by atoms with Crippen molar-refractivity contribution in [1.82, 2.24) is 5.43 Å². The van der Waals surface area contributed by atoms with Gasteiger partial charge < -0.3 is 19.9 Å². The molecule has 0 radical (unpaired) electrons. The van der Waals surface area contributed by atoms with Gasteiger partial charge in [-0.2, -0.15) is 5.10 Å². The smallest absolute Gasteiger partial charge is 0.240 e. The molecule has 0 aliphatic carbocycles. The van der Waals surface area contributed by atoms with Crippen LogP contribution in [0, 0.1) is 0 Å². The maximum atomic E-state index is 12.0.